The highest BCUT2D eigenvalue weighted by atomic mass is 16.5. The third-order valence-corrected chi connectivity index (χ3v) is 4.13. The van der Waals surface area contributed by atoms with Gasteiger partial charge in [0, 0.05) is 13.2 Å². The van der Waals surface area contributed by atoms with Gasteiger partial charge in [0.15, 0.2) is 0 Å². The molecule has 0 aromatic heterocycles. The van der Waals surface area contributed by atoms with E-state index in [9.17, 15) is 4.79 Å². The van der Waals surface area contributed by atoms with Crippen LogP contribution in [0, 0.1) is 0 Å². The molecule has 1 fully saturated rings. The predicted octanol–water partition coefficient (Wildman–Crippen LogP) is 2.36. The van der Waals surface area contributed by atoms with Crippen LogP contribution >= 0.6 is 0 Å². The summed E-state index contributed by atoms with van der Waals surface area (Å²) >= 11 is 0. The zero-order valence-corrected chi connectivity index (χ0v) is 13.0. The lowest BCUT2D eigenvalue weighted by atomic mass is 10.0. The zero-order valence-electron chi connectivity index (χ0n) is 13.0. The largest absolute Gasteiger partial charge is 0.368 e. The van der Waals surface area contributed by atoms with Gasteiger partial charge in [0.05, 0.1) is 6.04 Å². The van der Waals surface area contributed by atoms with Gasteiger partial charge in [0.2, 0.25) is 5.91 Å². The summed E-state index contributed by atoms with van der Waals surface area (Å²) in [7, 11) is 0. The van der Waals surface area contributed by atoms with Crippen molar-refractivity contribution in [1.29, 1.82) is 0 Å². The van der Waals surface area contributed by atoms with Crippen LogP contribution in [0.25, 0.3) is 0 Å². The van der Waals surface area contributed by atoms with Gasteiger partial charge in [-0.2, -0.15) is 0 Å². The molecule has 1 amide bonds. The molecule has 116 valence electrons. The Hall–Kier alpha value is -1.39. The highest BCUT2D eigenvalue weighted by molar-refractivity contribution is 5.81. The molecular formula is C17H26N2O2. The smallest absolute Gasteiger partial charge is 0.249 e. The Morgan fingerprint density at radius 1 is 1.33 bits per heavy atom. The van der Waals surface area contributed by atoms with E-state index < -0.39 is 0 Å². The summed E-state index contributed by atoms with van der Waals surface area (Å²) in [6, 6.07) is 10.6. The van der Waals surface area contributed by atoms with E-state index in [1.807, 2.05) is 18.2 Å². The molecule has 2 unspecified atom stereocenters. The maximum Gasteiger partial charge on any atom is 0.249 e. The number of ether oxygens (including phenoxy) is 1. The van der Waals surface area contributed by atoms with Crippen LogP contribution in [-0.4, -0.2) is 43.2 Å². The van der Waals surface area contributed by atoms with E-state index in [0.29, 0.717) is 13.2 Å². The highest BCUT2D eigenvalue weighted by Gasteiger charge is 2.25. The molecule has 4 nitrogen and oxygen atoms in total. The molecule has 0 radical (unpaired) electrons. The van der Waals surface area contributed by atoms with E-state index in [4.69, 9.17) is 4.74 Å². The summed E-state index contributed by atoms with van der Waals surface area (Å²) in [4.78, 5) is 14.5. The lowest BCUT2D eigenvalue weighted by Gasteiger charge is -2.30. The zero-order chi connectivity index (χ0) is 15.1. The van der Waals surface area contributed by atoms with Crippen LogP contribution in [-0.2, 0) is 9.53 Å². The van der Waals surface area contributed by atoms with Gasteiger partial charge in [-0.3, -0.25) is 9.69 Å². The fraction of sp³-hybridized carbons (Fsp3) is 0.588. The van der Waals surface area contributed by atoms with E-state index in [-0.39, 0.29) is 18.1 Å². The van der Waals surface area contributed by atoms with Gasteiger partial charge >= 0.3 is 0 Å². The number of carbonyl (C=O) groups is 1. The lowest BCUT2D eigenvalue weighted by molar-refractivity contribution is -0.130. The number of nitrogens with one attached hydrogen (secondary N) is 1. The molecule has 1 aliphatic heterocycles. The average Bonchev–Trinajstić information content (AvgIpc) is 3.06. The van der Waals surface area contributed by atoms with Crippen LogP contribution < -0.4 is 5.32 Å². The number of rotatable bonds is 7. The van der Waals surface area contributed by atoms with Crippen molar-refractivity contribution in [2.24, 2.45) is 0 Å². The van der Waals surface area contributed by atoms with Crippen LogP contribution in [0.15, 0.2) is 30.3 Å². The van der Waals surface area contributed by atoms with Crippen molar-refractivity contribution in [3.8, 4) is 0 Å². The van der Waals surface area contributed by atoms with Crippen LogP contribution in [0.3, 0.4) is 0 Å². The summed E-state index contributed by atoms with van der Waals surface area (Å²) in [6.07, 6.45) is 1.57. The Morgan fingerprint density at radius 2 is 2.05 bits per heavy atom. The topological polar surface area (TPSA) is 41.6 Å². The minimum Gasteiger partial charge on any atom is -0.368 e. The van der Waals surface area contributed by atoms with Gasteiger partial charge < -0.3 is 10.1 Å². The van der Waals surface area contributed by atoms with Gasteiger partial charge in [0.25, 0.3) is 0 Å². The fourth-order valence-corrected chi connectivity index (χ4v) is 2.89. The Balaban J connectivity index is 2.00. The summed E-state index contributed by atoms with van der Waals surface area (Å²) in [5.74, 6) is 0.0283. The van der Waals surface area contributed by atoms with E-state index in [0.717, 1.165) is 25.9 Å². The molecule has 2 atom stereocenters. The van der Waals surface area contributed by atoms with Crippen molar-refractivity contribution in [1.82, 2.24) is 10.2 Å². The second-order valence-electron chi connectivity index (χ2n) is 5.39. The van der Waals surface area contributed by atoms with E-state index >= 15 is 0 Å². The molecule has 1 aromatic carbocycles. The Labute approximate surface area is 127 Å². The van der Waals surface area contributed by atoms with Crippen molar-refractivity contribution in [2.45, 2.75) is 38.8 Å². The first-order valence-corrected chi connectivity index (χ1v) is 7.94. The minimum absolute atomic E-state index is 0.0283. The molecule has 0 aliphatic carbocycles. The standard InChI is InChI=1S/C17H26N2O2/c1-3-19(4-2)15(14-9-6-5-7-10-14)13-18-17(20)16-11-8-12-21-16/h5-7,9-10,15-16H,3-4,8,11-13H2,1-2H3,(H,18,20). The molecule has 1 N–H and O–H groups in total. The van der Waals surface area contributed by atoms with Gasteiger partial charge in [-0.1, -0.05) is 44.2 Å². The summed E-state index contributed by atoms with van der Waals surface area (Å²) in [5, 5.41) is 3.07. The molecule has 1 heterocycles. The van der Waals surface area contributed by atoms with Gasteiger partial charge in [-0.25, -0.2) is 0 Å². The molecule has 0 spiro atoms. The third-order valence-electron chi connectivity index (χ3n) is 4.13. The number of hydrogen-bond donors (Lipinski definition) is 1. The molecule has 1 saturated heterocycles. The van der Waals surface area contributed by atoms with Crippen molar-refractivity contribution < 1.29 is 9.53 Å². The maximum absolute atomic E-state index is 12.1. The number of benzene rings is 1. The predicted molar refractivity (Wildman–Crippen MR) is 84.1 cm³/mol. The van der Waals surface area contributed by atoms with Crippen LogP contribution in [0.4, 0.5) is 0 Å². The number of likely N-dealkylation sites (N-methyl/N-ethyl adjacent to an activating group) is 1. The highest BCUT2D eigenvalue weighted by Crippen LogP contribution is 2.20. The molecule has 0 bridgehead atoms. The molecule has 21 heavy (non-hydrogen) atoms. The van der Waals surface area contributed by atoms with Crippen LogP contribution in [0.2, 0.25) is 0 Å². The molecule has 1 aromatic rings. The molecule has 0 saturated carbocycles. The second-order valence-corrected chi connectivity index (χ2v) is 5.39. The minimum atomic E-state index is -0.252. The molecule has 1 aliphatic rings. The van der Waals surface area contributed by atoms with E-state index in [1.165, 1.54) is 5.56 Å². The number of amides is 1. The SMILES string of the molecule is CCN(CC)C(CNC(=O)C1CCCO1)c1ccccc1. The number of nitrogens with zero attached hydrogens (tertiary/aromatic N) is 1. The molecule has 2 rings (SSSR count). The average molecular weight is 290 g/mol. The monoisotopic (exact) mass is 290 g/mol. The van der Waals surface area contributed by atoms with E-state index in [2.05, 4.69) is 36.2 Å². The maximum atomic E-state index is 12.1. The van der Waals surface area contributed by atoms with Crippen molar-refractivity contribution >= 4 is 5.91 Å². The van der Waals surface area contributed by atoms with Crippen molar-refractivity contribution in [3.63, 3.8) is 0 Å². The molecular weight excluding hydrogens is 264 g/mol. The van der Waals surface area contributed by atoms with E-state index in [1.54, 1.807) is 0 Å². The van der Waals surface area contributed by atoms with Gasteiger partial charge in [-0.15, -0.1) is 0 Å². The second kappa shape index (κ2) is 8.15. The first kappa shape index (κ1) is 16.0. The Morgan fingerprint density at radius 3 is 2.62 bits per heavy atom. The van der Waals surface area contributed by atoms with Crippen molar-refractivity contribution in [2.75, 3.05) is 26.2 Å². The normalized spacial score (nSPS) is 19.7. The van der Waals surface area contributed by atoms with Gasteiger partial charge in [0.1, 0.15) is 6.10 Å². The van der Waals surface area contributed by atoms with Crippen molar-refractivity contribution in [3.05, 3.63) is 35.9 Å². The first-order chi connectivity index (χ1) is 10.3. The molecule has 4 heteroatoms. The number of hydrogen-bond acceptors (Lipinski definition) is 3. The van der Waals surface area contributed by atoms with Crippen LogP contribution in [0.1, 0.15) is 38.3 Å². The Bertz CT molecular complexity index is 426. The first-order valence-electron chi connectivity index (χ1n) is 7.94. The number of carbonyl (C=O) groups excluding carboxylic acids is 1. The summed E-state index contributed by atoms with van der Waals surface area (Å²) < 4.78 is 5.44. The third kappa shape index (κ3) is 4.29. The fourth-order valence-electron chi connectivity index (χ4n) is 2.89. The van der Waals surface area contributed by atoms with Crippen LogP contribution in [0.5, 0.6) is 0 Å². The summed E-state index contributed by atoms with van der Waals surface area (Å²) in [5.41, 5.74) is 1.24. The Kier molecular flexibility index (Phi) is 6.21. The van der Waals surface area contributed by atoms with Gasteiger partial charge in [-0.05, 0) is 31.5 Å². The lowest BCUT2D eigenvalue weighted by Crippen LogP contribution is -2.41. The quantitative estimate of drug-likeness (QED) is 0.838. The summed E-state index contributed by atoms with van der Waals surface area (Å²) in [6.45, 7) is 7.57.